The molecular formula is C25H26FNO2S. The maximum atomic E-state index is 13.1. The molecule has 0 aliphatic carbocycles. The Bertz CT molecular complexity index is 1060. The Labute approximate surface area is 178 Å². The minimum Gasteiger partial charge on any atom is -0.207 e. The lowest BCUT2D eigenvalue weighted by Crippen LogP contribution is -2.38. The third-order valence-electron chi connectivity index (χ3n) is 5.93. The van der Waals surface area contributed by atoms with E-state index in [0.29, 0.717) is 19.0 Å². The highest BCUT2D eigenvalue weighted by Gasteiger charge is 2.29. The highest BCUT2D eigenvalue weighted by atomic mass is 32.2. The summed E-state index contributed by atoms with van der Waals surface area (Å²) in [4.78, 5) is 0.167. The Morgan fingerprint density at radius 2 is 1.40 bits per heavy atom. The largest absolute Gasteiger partial charge is 0.243 e. The third-order valence-corrected chi connectivity index (χ3v) is 7.84. The van der Waals surface area contributed by atoms with Crippen molar-refractivity contribution in [1.82, 2.24) is 4.31 Å². The summed E-state index contributed by atoms with van der Waals surface area (Å²) in [6.45, 7) is 1.05. The molecule has 1 aliphatic heterocycles. The summed E-state index contributed by atoms with van der Waals surface area (Å²) < 4.78 is 40.1. The highest BCUT2D eigenvalue weighted by molar-refractivity contribution is 7.89. The van der Waals surface area contributed by atoms with Gasteiger partial charge in [0.05, 0.1) is 4.90 Å². The number of halogens is 1. The molecule has 0 amide bonds. The summed E-state index contributed by atoms with van der Waals surface area (Å²) in [5.74, 6) is 0.0999. The topological polar surface area (TPSA) is 37.4 Å². The average molecular weight is 424 g/mol. The first-order chi connectivity index (χ1) is 14.5. The van der Waals surface area contributed by atoms with Gasteiger partial charge in [-0.3, -0.25) is 0 Å². The maximum absolute atomic E-state index is 13.1. The van der Waals surface area contributed by atoms with Crippen LogP contribution in [0.15, 0.2) is 83.8 Å². The quantitative estimate of drug-likeness (QED) is 0.523. The molecular weight excluding hydrogens is 397 g/mol. The predicted molar refractivity (Wildman–Crippen MR) is 118 cm³/mol. The third kappa shape index (κ3) is 4.79. The van der Waals surface area contributed by atoms with Crippen LogP contribution in [0.1, 0.15) is 24.8 Å². The minimum absolute atomic E-state index is 0.167. The zero-order chi connectivity index (χ0) is 21.0. The average Bonchev–Trinajstić information content (AvgIpc) is 2.79. The van der Waals surface area contributed by atoms with Crippen molar-refractivity contribution in [3.05, 3.63) is 90.2 Å². The van der Waals surface area contributed by atoms with Gasteiger partial charge in [-0.25, -0.2) is 12.8 Å². The molecule has 0 unspecified atom stereocenters. The van der Waals surface area contributed by atoms with Crippen LogP contribution in [0.25, 0.3) is 11.1 Å². The van der Waals surface area contributed by atoms with Gasteiger partial charge in [-0.1, -0.05) is 54.6 Å². The van der Waals surface area contributed by atoms with Crippen molar-refractivity contribution in [2.45, 2.75) is 30.6 Å². The van der Waals surface area contributed by atoms with E-state index >= 15 is 0 Å². The van der Waals surface area contributed by atoms with E-state index in [-0.39, 0.29) is 4.90 Å². The van der Waals surface area contributed by atoms with Gasteiger partial charge in [0.2, 0.25) is 10.0 Å². The molecule has 1 saturated heterocycles. The first kappa shape index (κ1) is 20.8. The van der Waals surface area contributed by atoms with Gasteiger partial charge in [-0.2, -0.15) is 4.31 Å². The Morgan fingerprint density at radius 1 is 0.800 bits per heavy atom. The summed E-state index contributed by atoms with van der Waals surface area (Å²) in [5.41, 5.74) is 3.76. The van der Waals surface area contributed by atoms with Crippen molar-refractivity contribution in [1.29, 1.82) is 0 Å². The summed E-state index contributed by atoms with van der Waals surface area (Å²) in [5, 5.41) is 0. The first-order valence-corrected chi connectivity index (χ1v) is 11.9. The second-order valence-electron chi connectivity index (χ2n) is 7.90. The van der Waals surface area contributed by atoms with Gasteiger partial charge in [0.15, 0.2) is 0 Å². The first-order valence-electron chi connectivity index (χ1n) is 10.4. The number of sulfonamides is 1. The fourth-order valence-electron chi connectivity index (χ4n) is 4.06. The van der Waals surface area contributed by atoms with Crippen LogP contribution in [0.4, 0.5) is 4.39 Å². The Kier molecular flexibility index (Phi) is 6.30. The normalized spacial score (nSPS) is 15.9. The molecule has 3 aromatic rings. The van der Waals surface area contributed by atoms with Crippen molar-refractivity contribution >= 4 is 10.0 Å². The molecule has 156 valence electrons. The number of nitrogens with zero attached hydrogens (tertiary/aromatic N) is 1. The van der Waals surface area contributed by atoms with Crippen LogP contribution in [0.5, 0.6) is 0 Å². The number of hydrogen-bond acceptors (Lipinski definition) is 2. The molecule has 0 radical (unpaired) electrons. The highest BCUT2D eigenvalue weighted by Crippen LogP contribution is 2.27. The molecule has 1 fully saturated rings. The molecule has 30 heavy (non-hydrogen) atoms. The molecule has 1 heterocycles. The van der Waals surface area contributed by atoms with E-state index in [4.69, 9.17) is 0 Å². The second kappa shape index (κ2) is 9.11. The number of benzene rings is 3. The second-order valence-corrected chi connectivity index (χ2v) is 9.84. The van der Waals surface area contributed by atoms with Crippen LogP contribution < -0.4 is 0 Å². The van der Waals surface area contributed by atoms with E-state index in [2.05, 4.69) is 36.4 Å². The molecule has 1 aliphatic rings. The number of hydrogen-bond donors (Lipinski definition) is 0. The molecule has 4 rings (SSSR count). The Hall–Kier alpha value is -2.50. The fraction of sp³-hybridized carbons (Fsp3) is 0.280. The van der Waals surface area contributed by atoms with Crippen molar-refractivity contribution in [2.24, 2.45) is 5.92 Å². The van der Waals surface area contributed by atoms with E-state index in [9.17, 15) is 12.8 Å². The predicted octanol–water partition coefficient (Wildman–Crippen LogP) is 5.53. The standard InChI is InChI=1S/C25H26FNO2S/c26-24-12-14-25(15-13-24)30(28,29)27-18-16-21(17-19-27)7-6-20-8-10-23(11-9-20)22-4-2-1-3-5-22/h1-5,8-15,21H,6-7,16-19H2. The lowest BCUT2D eigenvalue weighted by molar-refractivity contribution is 0.263. The molecule has 3 nitrogen and oxygen atoms in total. The van der Waals surface area contributed by atoms with Crippen LogP contribution in [-0.4, -0.2) is 25.8 Å². The van der Waals surface area contributed by atoms with Gasteiger partial charge >= 0.3 is 0 Å². The van der Waals surface area contributed by atoms with Gasteiger partial charge in [0, 0.05) is 13.1 Å². The summed E-state index contributed by atoms with van der Waals surface area (Å²) >= 11 is 0. The smallest absolute Gasteiger partial charge is 0.207 e. The van der Waals surface area contributed by atoms with E-state index in [1.165, 1.54) is 45.3 Å². The SMILES string of the molecule is O=S(=O)(c1ccc(F)cc1)N1CCC(CCc2ccc(-c3ccccc3)cc2)CC1. The molecule has 0 bridgehead atoms. The molecule has 0 saturated carbocycles. The maximum Gasteiger partial charge on any atom is 0.243 e. The molecule has 5 heteroatoms. The number of aryl methyl sites for hydroxylation is 1. The molecule has 0 N–H and O–H groups in total. The van der Waals surface area contributed by atoms with Gasteiger partial charge < -0.3 is 0 Å². The monoisotopic (exact) mass is 423 g/mol. The van der Waals surface area contributed by atoms with Crippen molar-refractivity contribution in [3.63, 3.8) is 0 Å². The fourth-order valence-corrected chi connectivity index (χ4v) is 5.53. The molecule has 0 aromatic heterocycles. The van der Waals surface area contributed by atoms with Crippen molar-refractivity contribution in [3.8, 4) is 11.1 Å². The summed E-state index contributed by atoms with van der Waals surface area (Å²) in [6.07, 6.45) is 3.80. The lowest BCUT2D eigenvalue weighted by atomic mass is 9.91. The van der Waals surface area contributed by atoms with Crippen LogP contribution in [0, 0.1) is 11.7 Å². The zero-order valence-electron chi connectivity index (χ0n) is 16.9. The van der Waals surface area contributed by atoms with E-state index < -0.39 is 15.8 Å². The van der Waals surface area contributed by atoms with Gasteiger partial charge in [-0.05, 0) is 72.6 Å². The van der Waals surface area contributed by atoms with E-state index in [1.807, 2.05) is 18.2 Å². The van der Waals surface area contributed by atoms with E-state index in [0.717, 1.165) is 25.7 Å². The zero-order valence-corrected chi connectivity index (χ0v) is 17.7. The lowest BCUT2D eigenvalue weighted by Gasteiger charge is -2.31. The van der Waals surface area contributed by atoms with Crippen LogP contribution >= 0.6 is 0 Å². The minimum atomic E-state index is -3.53. The molecule has 0 atom stereocenters. The van der Waals surface area contributed by atoms with Crippen LogP contribution in [0.2, 0.25) is 0 Å². The van der Waals surface area contributed by atoms with Gasteiger partial charge in [0.1, 0.15) is 5.82 Å². The molecule has 0 spiro atoms. The summed E-state index contributed by atoms with van der Waals surface area (Å²) in [6, 6.07) is 24.1. The van der Waals surface area contributed by atoms with Crippen LogP contribution in [0.3, 0.4) is 0 Å². The van der Waals surface area contributed by atoms with Gasteiger partial charge in [0.25, 0.3) is 0 Å². The Balaban J connectivity index is 1.29. The molecule has 3 aromatic carbocycles. The van der Waals surface area contributed by atoms with Gasteiger partial charge in [-0.15, -0.1) is 0 Å². The summed E-state index contributed by atoms with van der Waals surface area (Å²) in [7, 11) is -3.53. The van der Waals surface area contributed by atoms with Crippen LogP contribution in [-0.2, 0) is 16.4 Å². The van der Waals surface area contributed by atoms with E-state index in [1.54, 1.807) is 0 Å². The number of piperidine rings is 1. The van der Waals surface area contributed by atoms with Crippen molar-refractivity contribution < 1.29 is 12.8 Å². The number of rotatable bonds is 6. The van der Waals surface area contributed by atoms with Crippen molar-refractivity contribution in [2.75, 3.05) is 13.1 Å². The Morgan fingerprint density at radius 3 is 2.03 bits per heavy atom.